The van der Waals surface area contributed by atoms with Gasteiger partial charge in [0.1, 0.15) is 0 Å². The molecule has 32 heavy (non-hydrogen) atoms. The van der Waals surface area contributed by atoms with Gasteiger partial charge in [-0.1, -0.05) is 6.07 Å². The number of benzene rings is 1. The Kier molecular flexibility index (Phi) is 4.92. The number of rotatable bonds is 4. The molecule has 0 spiro atoms. The number of hydrogen-bond acceptors (Lipinski definition) is 6. The summed E-state index contributed by atoms with van der Waals surface area (Å²) in [7, 11) is 1.90. The van der Waals surface area contributed by atoms with Crippen molar-refractivity contribution in [1.82, 2.24) is 14.8 Å². The van der Waals surface area contributed by atoms with Gasteiger partial charge >= 0.3 is 0 Å². The lowest BCUT2D eigenvalue weighted by molar-refractivity contribution is -0.117. The van der Waals surface area contributed by atoms with Gasteiger partial charge in [0.2, 0.25) is 5.91 Å². The topological polar surface area (TPSA) is 92.6 Å². The fraction of sp³-hybridized carbons (Fsp3) is 0.333. The maximum atomic E-state index is 12.5. The van der Waals surface area contributed by atoms with E-state index in [1.54, 1.807) is 24.0 Å². The number of nitrogens with zero attached hydrogens (tertiary/aromatic N) is 6. The molecule has 3 heterocycles. The first-order chi connectivity index (χ1) is 15.5. The van der Waals surface area contributed by atoms with Crippen LogP contribution in [0.4, 0.5) is 17.2 Å². The van der Waals surface area contributed by atoms with Crippen molar-refractivity contribution < 1.29 is 4.79 Å². The highest BCUT2D eigenvalue weighted by atomic mass is 16.2. The number of aryl methyl sites for hydroxylation is 1. The predicted molar refractivity (Wildman–Crippen MR) is 128 cm³/mol. The van der Waals surface area contributed by atoms with Crippen LogP contribution < -0.4 is 15.5 Å². The molecule has 0 bridgehead atoms. The van der Waals surface area contributed by atoms with Gasteiger partial charge in [-0.2, -0.15) is 5.10 Å². The number of anilines is 3. The SMILES string of the molecule is CC(=O)N1c2ccc(C(C=NC3CC3)=CN)cc2N(c2nn(C)c3ncccc23)C[C@@H]1C. The summed E-state index contributed by atoms with van der Waals surface area (Å²) in [5.41, 5.74) is 10.4. The van der Waals surface area contributed by atoms with E-state index in [-0.39, 0.29) is 11.9 Å². The number of fused-ring (bicyclic) bond motifs is 2. The number of aromatic nitrogens is 3. The van der Waals surface area contributed by atoms with Gasteiger partial charge in [-0.25, -0.2) is 9.67 Å². The fourth-order valence-corrected chi connectivity index (χ4v) is 4.38. The molecule has 2 N–H and O–H groups in total. The molecule has 1 saturated carbocycles. The zero-order chi connectivity index (χ0) is 22.4. The van der Waals surface area contributed by atoms with Crippen LogP contribution in [0.3, 0.4) is 0 Å². The Morgan fingerprint density at radius 2 is 2.06 bits per heavy atom. The van der Waals surface area contributed by atoms with Crippen LogP contribution in [0, 0.1) is 0 Å². The molecule has 2 aliphatic rings. The van der Waals surface area contributed by atoms with E-state index in [4.69, 9.17) is 10.8 Å². The van der Waals surface area contributed by atoms with E-state index >= 15 is 0 Å². The molecule has 1 atom stereocenters. The number of nitrogens with two attached hydrogens (primary N) is 1. The normalized spacial score (nSPS) is 19.1. The molecule has 0 saturated heterocycles. The zero-order valence-corrected chi connectivity index (χ0v) is 18.6. The van der Waals surface area contributed by atoms with E-state index in [1.807, 2.05) is 42.4 Å². The molecule has 2 aromatic heterocycles. The fourth-order valence-electron chi connectivity index (χ4n) is 4.38. The molecule has 8 nitrogen and oxygen atoms in total. The molecule has 5 rings (SSSR count). The summed E-state index contributed by atoms with van der Waals surface area (Å²) in [6, 6.07) is 10.4. The number of pyridine rings is 1. The van der Waals surface area contributed by atoms with Crippen molar-refractivity contribution in [3.05, 3.63) is 48.3 Å². The number of carbonyl (C=O) groups is 1. The first kappa shape index (κ1) is 20.2. The highest BCUT2D eigenvalue weighted by Gasteiger charge is 2.33. The predicted octanol–water partition coefficient (Wildman–Crippen LogP) is 3.39. The number of amides is 1. The number of aliphatic imine (C=N–C) groups is 1. The summed E-state index contributed by atoms with van der Waals surface area (Å²) in [6.07, 6.45) is 7.50. The van der Waals surface area contributed by atoms with Gasteiger partial charge in [0.15, 0.2) is 11.5 Å². The lowest BCUT2D eigenvalue weighted by atomic mass is 10.0. The number of allylic oxidation sites excluding steroid dienone is 1. The Bertz CT molecular complexity index is 1250. The van der Waals surface area contributed by atoms with Gasteiger partial charge in [0.25, 0.3) is 0 Å². The van der Waals surface area contributed by atoms with Gasteiger partial charge in [-0.05, 0) is 49.6 Å². The highest BCUT2D eigenvalue weighted by molar-refractivity contribution is 6.11. The molecular weight excluding hydrogens is 402 g/mol. The minimum Gasteiger partial charge on any atom is -0.404 e. The Hall–Kier alpha value is -3.68. The molecule has 8 heteroatoms. The van der Waals surface area contributed by atoms with E-state index < -0.39 is 0 Å². The largest absolute Gasteiger partial charge is 0.404 e. The minimum absolute atomic E-state index is 0.0134. The lowest BCUT2D eigenvalue weighted by Crippen LogP contribution is -2.48. The lowest BCUT2D eigenvalue weighted by Gasteiger charge is -2.41. The molecule has 0 radical (unpaired) electrons. The van der Waals surface area contributed by atoms with E-state index in [0.717, 1.165) is 52.2 Å². The Morgan fingerprint density at radius 3 is 2.78 bits per heavy atom. The van der Waals surface area contributed by atoms with Crippen molar-refractivity contribution >= 4 is 45.9 Å². The maximum Gasteiger partial charge on any atom is 0.224 e. The quantitative estimate of drug-likeness (QED) is 0.642. The molecule has 1 fully saturated rings. The molecule has 1 aliphatic heterocycles. The van der Waals surface area contributed by atoms with Gasteiger partial charge in [0.05, 0.1) is 28.8 Å². The Morgan fingerprint density at radius 1 is 1.25 bits per heavy atom. The minimum atomic E-state index is -0.0134. The first-order valence-corrected chi connectivity index (χ1v) is 10.9. The van der Waals surface area contributed by atoms with Crippen LogP contribution in [0.2, 0.25) is 0 Å². The number of hydrogen-bond donors (Lipinski definition) is 1. The summed E-state index contributed by atoms with van der Waals surface area (Å²) in [5.74, 6) is 0.845. The third-order valence-corrected chi connectivity index (χ3v) is 6.07. The van der Waals surface area contributed by atoms with Crippen LogP contribution in [0.1, 0.15) is 32.3 Å². The molecule has 1 aliphatic carbocycles. The van der Waals surface area contributed by atoms with Crippen molar-refractivity contribution in [2.24, 2.45) is 17.8 Å². The van der Waals surface area contributed by atoms with E-state index in [1.165, 1.54) is 0 Å². The summed E-state index contributed by atoms with van der Waals surface area (Å²) >= 11 is 0. The van der Waals surface area contributed by atoms with Crippen LogP contribution in [-0.4, -0.2) is 45.5 Å². The highest BCUT2D eigenvalue weighted by Crippen LogP contribution is 2.42. The summed E-state index contributed by atoms with van der Waals surface area (Å²) in [4.78, 5) is 25.6. The molecule has 164 valence electrons. The van der Waals surface area contributed by atoms with Crippen molar-refractivity contribution in [2.75, 3.05) is 16.3 Å². The molecule has 1 amide bonds. The third-order valence-electron chi connectivity index (χ3n) is 6.07. The monoisotopic (exact) mass is 429 g/mol. The van der Waals surface area contributed by atoms with Crippen LogP contribution in [0.25, 0.3) is 16.6 Å². The van der Waals surface area contributed by atoms with Crippen LogP contribution in [-0.2, 0) is 11.8 Å². The van der Waals surface area contributed by atoms with E-state index in [0.29, 0.717) is 12.6 Å². The van der Waals surface area contributed by atoms with E-state index in [2.05, 4.69) is 27.9 Å². The molecular formula is C24H27N7O. The summed E-state index contributed by atoms with van der Waals surface area (Å²) < 4.78 is 1.80. The maximum absolute atomic E-state index is 12.5. The van der Waals surface area contributed by atoms with Gasteiger partial charge in [-0.3, -0.25) is 9.79 Å². The van der Waals surface area contributed by atoms with Crippen molar-refractivity contribution in [3.8, 4) is 0 Å². The second-order valence-electron chi connectivity index (χ2n) is 8.51. The average Bonchev–Trinajstić information content (AvgIpc) is 3.55. The van der Waals surface area contributed by atoms with Crippen LogP contribution >= 0.6 is 0 Å². The smallest absolute Gasteiger partial charge is 0.224 e. The molecule has 0 unspecified atom stereocenters. The Labute approximate surface area is 187 Å². The second-order valence-corrected chi connectivity index (χ2v) is 8.51. The standard InChI is InChI=1S/C24H27N7O/c1-15-14-30(24-20-5-4-10-26-23(20)29(3)28-24)22-11-17(6-9-21(22)31(15)16(2)32)18(12-25)13-27-19-7-8-19/h4-6,9-13,15,19H,7-8,14,25H2,1-3H3/t15-/m0/s1. The molecule has 3 aromatic rings. The summed E-state index contributed by atoms with van der Waals surface area (Å²) in [5, 5.41) is 5.76. The zero-order valence-electron chi connectivity index (χ0n) is 18.6. The second kappa shape index (κ2) is 7.78. The average molecular weight is 430 g/mol. The van der Waals surface area contributed by atoms with Crippen molar-refractivity contribution in [2.45, 2.75) is 38.8 Å². The number of carbonyl (C=O) groups excluding carboxylic acids is 1. The van der Waals surface area contributed by atoms with Crippen molar-refractivity contribution in [3.63, 3.8) is 0 Å². The van der Waals surface area contributed by atoms with Crippen LogP contribution in [0.5, 0.6) is 0 Å². The van der Waals surface area contributed by atoms with Gasteiger partial charge in [-0.15, -0.1) is 0 Å². The molecule has 1 aromatic carbocycles. The van der Waals surface area contributed by atoms with Gasteiger partial charge in [0, 0.05) is 44.7 Å². The van der Waals surface area contributed by atoms with E-state index in [9.17, 15) is 4.79 Å². The van der Waals surface area contributed by atoms with Crippen molar-refractivity contribution in [1.29, 1.82) is 0 Å². The third kappa shape index (κ3) is 3.41. The summed E-state index contributed by atoms with van der Waals surface area (Å²) in [6.45, 7) is 4.29. The Balaban J connectivity index is 1.66. The first-order valence-electron chi connectivity index (χ1n) is 10.9. The van der Waals surface area contributed by atoms with Gasteiger partial charge < -0.3 is 15.5 Å². The van der Waals surface area contributed by atoms with Crippen LogP contribution in [0.15, 0.2) is 47.7 Å².